The summed E-state index contributed by atoms with van der Waals surface area (Å²) in [4.78, 5) is 8.86. The van der Waals surface area contributed by atoms with E-state index in [4.69, 9.17) is 0 Å². The number of rotatable bonds is 5. The van der Waals surface area contributed by atoms with E-state index in [9.17, 15) is 0 Å². The lowest BCUT2D eigenvalue weighted by molar-refractivity contribution is 0.568. The van der Waals surface area contributed by atoms with Crippen molar-refractivity contribution in [3.63, 3.8) is 0 Å². The minimum absolute atomic E-state index is 0.327. The Bertz CT molecular complexity index is 511. The Morgan fingerprint density at radius 1 is 1.32 bits per heavy atom. The third kappa shape index (κ3) is 3.61. The summed E-state index contributed by atoms with van der Waals surface area (Å²) in [5.74, 6) is 0. The molecule has 3 nitrogen and oxygen atoms in total. The van der Waals surface area contributed by atoms with Crippen molar-refractivity contribution in [1.82, 2.24) is 15.3 Å². The molecule has 0 aliphatic carbocycles. The number of aromatic nitrogens is 2. The smallest absolute Gasteiger partial charge is 0.0937 e. The van der Waals surface area contributed by atoms with Gasteiger partial charge in [0.1, 0.15) is 0 Å². The average molecular weight is 275 g/mol. The highest BCUT2D eigenvalue weighted by molar-refractivity contribution is 7.09. The predicted molar refractivity (Wildman–Crippen MR) is 80.7 cm³/mol. The molecule has 2 aromatic heterocycles. The molecule has 4 heteroatoms. The maximum absolute atomic E-state index is 4.56. The van der Waals surface area contributed by atoms with Crippen molar-refractivity contribution in [3.05, 3.63) is 45.2 Å². The number of pyridine rings is 1. The Morgan fingerprint density at radius 2 is 2.11 bits per heavy atom. The molecule has 0 saturated heterocycles. The van der Waals surface area contributed by atoms with Crippen LogP contribution in [0.1, 0.15) is 40.5 Å². The molecule has 0 amide bonds. The summed E-state index contributed by atoms with van der Waals surface area (Å²) in [7, 11) is 0. The van der Waals surface area contributed by atoms with Gasteiger partial charge in [-0.05, 0) is 44.9 Å². The topological polar surface area (TPSA) is 37.8 Å². The van der Waals surface area contributed by atoms with Gasteiger partial charge in [-0.3, -0.25) is 4.98 Å². The highest BCUT2D eigenvalue weighted by Crippen LogP contribution is 2.21. The van der Waals surface area contributed by atoms with Gasteiger partial charge in [0.2, 0.25) is 0 Å². The maximum Gasteiger partial charge on any atom is 0.0937 e. The fourth-order valence-electron chi connectivity index (χ4n) is 2.56. The van der Waals surface area contributed by atoms with Gasteiger partial charge in [0.15, 0.2) is 0 Å². The van der Waals surface area contributed by atoms with Crippen LogP contribution in [0.3, 0.4) is 0 Å². The SMILES string of the molecule is Cc1cc(C)c(C(C)NCCc2nccs2)c(C)n1. The predicted octanol–water partition coefficient (Wildman–Crippen LogP) is 3.36. The summed E-state index contributed by atoms with van der Waals surface area (Å²) in [6.45, 7) is 9.45. The Morgan fingerprint density at radius 3 is 2.74 bits per heavy atom. The van der Waals surface area contributed by atoms with E-state index in [1.165, 1.54) is 16.1 Å². The van der Waals surface area contributed by atoms with E-state index in [1.54, 1.807) is 11.3 Å². The lowest BCUT2D eigenvalue weighted by Gasteiger charge is -2.19. The van der Waals surface area contributed by atoms with Crippen molar-refractivity contribution in [2.75, 3.05) is 6.54 Å². The Balaban J connectivity index is 1.98. The summed E-state index contributed by atoms with van der Waals surface area (Å²) in [6, 6.07) is 2.48. The molecule has 2 rings (SSSR count). The lowest BCUT2D eigenvalue weighted by atomic mass is 10.0. The van der Waals surface area contributed by atoms with E-state index in [1.807, 2.05) is 18.5 Å². The van der Waals surface area contributed by atoms with E-state index in [2.05, 4.69) is 42.1 Å². The van der Waals surface area contributed by atoms with Crippen molar-refractivity contribution >= 4 is 11.3 Å². The first-order chi connectivity index (χ1) is 9.08. The van der Waals surface area contributed by atoms with Gasteiger partial charge in [0, 0.05) is 42.0 Å². The second kappa shape index (κ2) is 6.26. The van der Waals surface area contributed by atoms with Crippen molar-refractivity contribution in [2.45, 2.75) is 40.2 Å². The Kier molecular flexibility index (Phi) is 4.66. The molecule has 0 saturated carbocycles. The first-order valence-electron chi connectivity index (χ1n) is 6.64. The Hall–Kier alpha value is -1.26. The van der Waals surface area contributed by atoms with Crippen LogP contribution in [0.5, 0.6) is 0 Å². The van der Waals surface area contributed by atoms with Crippen LogP contribution < -0.4 is 5.32 Å². The number of hydrogen-bond donors (Lipinski definition) is 1. The van der Waals surface area contributed by atoms with Gasteiger partial charge in [-0.15, -0.1) is 11.3 Å². The Labute approximate surface area is 119 Å². The van der Waals surface area contributed by atoms with E-state index in [-0.39, 0.29) is 0 Å². The molecule has 1 unspecified atom stereocenters. The molecule has 0 spiro atoms. The quantitative estimate of drug-likeness (QED) is 0.909. The normalized spacial score (nSPS) is 12.6. The molecule has 0 bridgehead atoms. The van der Waals surface area contributed by atoms with Crippen LogP contribution in [0.25, 0.3) is 0 Å². The van der Waals surface area contributed by atoms with Crippen LogP contribution in [0.15, 0.2) is 17.6 Å². The molecule has 0 aliphatic rings. The number of thiazole rings is 1. The van der Waals surface area contributed by atoms with E-state index in [0.29, 0.717) is 6.04 Å². The monoisotopic (exact) mass is 275 g/mol. The zero-order valence-corrected chi connectivity index (χ0v) is 12.8. The average Bonchev–Trinajstić information content (AvgIpc) is 2.80. The van der Waals surface area contributed by atoms with Crippen molar-refractivity contribution in [2.24, 2.45) is 0 Å². The maximum atomic E-state index is 4.56. The van der Waals surface area contributed by atoms with Gasteiger partial charge >= 0.3 is 0 Å². The van der Waals surface area contributed by atoms with Gasteiger partial charge in [-0.2, -0.15) is 0 Å². The molecular formula is C15H21N3S. The van der Waals surface area contributed by atoms with Crippen LogP contribution in [0, 0.1) is 20.8 Å². The molecule has 2 aromatic rings. The minimum Gasteiger partial charge on any atom is -0.310 e. The van der Waals surface area contributed by atoms with Crippen LogP contribution in [0.4, 0.5) is 0 Å². The molecule has 2 heterocycles. The second-order valence-corrected chi connectivity index (χ2v) is 5.91. The minimum atomic E-state index is 0.327. The summed E-state index contributed by atoms with van der Waals surface area (Å²) in [6.07, 6.45) is 2.85. The molecule has 0 fully saturated rings. The third-order valence-electron chi connectivity index (χ3n) is 3.29. The van der Waals surface area contributed by atoms with Gasteiger partial charge in [-0.1, -0.05) is 0 Å². The molecule has 19 heavy (non-hydrogen) atoms. The summed E-state index contributed by atoms with van der Waals surface area (Å²) in [5.41, 5.74) is 4.87. The lowest BCUT2D eigenvalue weighted by Crippen LogP contribution is -2.23. The van der Waals surface area contributed by atoms with Crippen LogP contribution >= 0.6 is 11.3 Å². The molecule has 102 valence electrons. The van der Waals surface area contributed by atoms with Crippen LogP contribution in [0.2, 0.25) is 0 Å². The zero-order valence-electron chi connectivity index (χ0n) is 12.0. The molecule has 0 aliphatic heterocycles. The third-order valence-corrected chi connectivity index (χ3v) is 4.13. The molecular weight excluding hydrogens is 254 g/mol. The van der Waals surface area contributed by atoms with Crippen molar-refractivity contribution < 1.29 is 0 Å². The number of nitrogens with zero attached hydrogens (tertiary/aromatic N) is 2. The van der Waals surface area contributed by atoms with E-state index >= 15 is 0 Å². The van der Waals surface area contributed by atoms with Crippen LogP contribution in [-0.4, -0.2) is 16.5 Å². The fourth-order valence-corrected chi connectivity index (χ4v) is 3.18. The van der Waals surface area contributed by atoms with Gasteiger partial charge in [0.25, 0.3) is 0 Å². The number of aryl methyl sites for hydroxylation is 3. The van der Waals surface area contributed by atoms with E-state index < -0.39 is 0 Å². The highest BCUT2D eigenvalue weighted by atomic mass is 32.1. The fraction of sp³-hybridized carbons (Fsp3) is 0.467. The first kappa shape index (κ1) is 14.2. The van der Waals surface area contributed by atoms with E-state index in [0.717, 1.165) is 24.4 Å². The molecule has 1 atom stereocenters. The van der Waals surface area contributed by atoms with Crippen molar-refractivity contribution in [3.8, 4) is 0 Å². The molecule has 1 N–H and O–H groups in total. The number of nitrogens with one attached hydrogen (secondary N) is 1. The summed E-state index contributed by atoms with van der Waals surface area (Å²) < 4.78 is 0. The largest absolute Gasteiger partial charge is 0.310 e. The van der Waals surface area contributed by atoms with Gasteiger partial charge < -0.3 is 5.32 Å². The highest BCUT2D eigenvalue weighted by Gasteiger charge is 2.12. The summed E-state index contributed by atoms with van der Waals surface area (Å²) >= 11 is 1.72. The van der Waals surface area contributed by atoms with Crippen molar-refractivity contribution in [1.29, 1.82) is 0 Å². The van der Waals surface area contributed by atoms with Gasteiger partial charge in [0.05, 0.1) is 5.01 Å². The standard InChI is InChI=1S/C15H21N3S/c1-10-9-11(2)18-13(4)15(10)12(3)16-6-5-14-17-7-8-19-14/h7-9,12,16H,5-6H2,1-4H3. The zero-order chi connectivity index (χ0) is 13.8. The van der Waals surface area contributed by atoms with Gasteiger partial charge in [-0.25, -0.2) is 4.98 Å². The second-order valence-electron chi connectivity index (χ2n) is 4.93. The van der Waals surface area contributed by atoms with Crippen LogP contribution in [-0.2, 0) is 6.42 Å². The molecule has 0 radical (unpaired) electrons. The number of hydrogen-bond acceptors (Lipinski definition) is 4. The molecule has 0 aromatic carbocycles. The first-order valence-corrected chi connectivity index (χ1v) is 7.52. The summed E-state index contributed by atoms with van der Waals surface area (Å²) in [5, 5.41) is 6.78.